The number of rotatable bonds is 9. The van der Waals surface area contributed by atoms with E-state index in [2.05, 4.69) is 31.5 Å². The number of carbonyl (C=O) groups excluding carboxylic acids is 2. The number of hydrogen-bond acceptors (Lipinski definition) is 6. The first kappa shape index (κ1) is 26.8. The number of pyridine rings is 1. The molecule has 1 fully saturated rings. The summed E-state index contributed by atoms with van der Waals surface area (Å²) >= 11 is 0. The molecule has 204 valence electrons. The molecule has 1 unspecified atom stereocenters. The number of benzene rings is 1. The van der Waals surface area contributed by atoms with Gasteiger partial charge in [-0.25, -0.2) is 4.98 Å². The Hall–Kier alpha value is -4.83. The van der Waals surface area contributed by atoms with Crippen LogP contribution in [-0.2, 0) is 4.79 Å². The number of H-pyrrole nitrogens is 2. The Bertz CT molecular complexity index is 1600. The van der Waals surface area contributed by atoms with Crippen LogP contribution in [0.5, 0.6) is 0 Å². The number of aromatic nitrogens is 4. The van der Waals surface area contributed by atoms with Crippen molar-refractivity contribution in [1.29, 1.82) is 5.41 Å². The fraction of sp³-hybridized carbons (Fsp3) is 0.233. The third-order valence-electron chi connectivity index (χ3n) is 6.90. The van der Waals surface area contributed by atoms with E-state index < -0.39 is 0 Å². The second-order valence-electron chi connectivity index (χ2n) is 10.0. The summed E-state index contributed by atoms with van der Waals surface area (Å²) in [5.74, 6) is -0.136. The van der Waals surface area contributed by atoms with Crippen LogP contribution in [0.25, 0.3) is 28.2 Å². The Morgan fingerprint density at radius 3 is 2.92 bits per heavy atom. The van der Waals surface area contributed by atoms with Crippen molar-refractivity contribution in [3.05, 3.63) is 84.0 Å². The molecule has 10 heteroatoms. The van der Waals surface area contributed by atoms with Crippen LogP contribution in [0.4, 0.5) is 5.69 Å². The normalized spacial score (nSPS) is 15.6. The summed E-state index contributed by atoms with van der Waals surface area (Å²) in [5.41, 5.74) is 5.69. The van der Waals surface area contributed by atoms with Crippen LogP contribution in [-0.4, -0.2) is 81.7 Å². The minimum Gasteiger partial charge on any atom is -0.343 e. The predicted molar refractivity (Wildman–Crippen MR) is 158 cm³/mol. The minimum absolute atomic E-state index is 0.0577. The van der Waals surface area contributed by atoms with E-state index in [1.165, 1.54) is 12.3 Å². The first-order valence-electron chi connectivity index (χ1n) is 13.1. The number of anilines is 1. The zero-order valence-electron chi connectivity index (χ0n) is 22.5. The van der Waals surface area contributed by atoms with E-state index in [-0.39, 0.29) is 17.7 Å². The number of likely N-dealkylation sites (N-methyl/N-ethyl adjacent to an activating group) is 1. The van der Waals surface area contributed by atoms with Gasteiger partial charge in [0.2, 0.25) is 5.91 Å². The number of hydrogen-bond donors (Lipinski definition) is 4. The molecular weight excluding hydrogens is 504 g/mol. The molecule has 4 N–H and O–H groups in total. The molecule has 1 aliphatic heterocycles. The zero-order chi connectivity index (χ0) is 28.1. The SMILES string of the molecule is CN(C)C/C=C/C(=O)Nc1cccc(C(=O)N2CCC(c3cc4c(-c5cn[nH]c5/C=C\C=N)ccnc4[nH]3)C2)c1. The molecule has 0 aliphatic carbocycles. The van der Waals surface area contributed by atoms with Crippen LogP contribution >= 0.6 is 0 Å². The first-order valence-corrected chi connectivity index (χ1v) is 13.1. The third-order valence-corrected chi connectivity index (χ3v) is 6.90. The van der Waals surface area contributed by atoms with Gasteiger partial charge in [0.1, 0.15) is 5.65 Å². The molecule has 1 atom stereocenters. The highest BCUT2D eigenvalue weighted by atomic mass is 16.2. The summed E-state index contributed by atoms with van der Waals surface area (Å²) in [7, 11) is 3.87. The van der Waals surface area contributed by atoms with Crippen molar-refractivity contribution in [2.45, 2.75) is 12.3 Å². The van der Waals surface area contributed by atoms with Gasteiger partial charge in [0, 0.05) is 71.9 Å². The molecule has 10 nitrogen and oxygen atoms in total. The minimum atomic E-state index is -0.229. The van der Waals surface area contributed by atoms with Crippen LogP contribution in [0.2, 0.25) is 0 Å². The van der Waals surface area contributed by atoms with E-state index in [1.807, 2.05) is 36.0 Å². The highest BCUT2D eigenvalue weighted by molar-refractivity contribution is 6.01. The van der Waals surface area contributed by atoms with Crippen molar-refractivity contribution in [3.8, 4) is 11.1 Å². The van der Waals surface area contributed by atoms with Gasteiger partial charge in [0.05, 0.1) is 11.9 Å². The molecular formula is C30H32N8O2. The molecule has 0 bridgehead atoms. The van der Waals surface area contributed by atoms with E-state index in [4.69, 9.17) is 5.41 Å². The monoisotopic (exact) mass is 536 g/mol. The lowest BCUT2D eigenvalue weighted by Crippen LogP contribution is -2.28. The van der Waals surface area contributed by atoms with Gasteiger partial charge in [0.25, 0.3) is 5.91 Å². The number of nitrogens with zero attached hydrogens (tertiary/aromatic N) is 4. The Morgan fingerprint density at radius 1 is 1.23 bits per heavy atom. The van der Waals surface area contributed by atoms with Crippen LogP contribution in [0.15, 0.2) is 67.0 Å². The van der Waals surface area contributed by atoms with Crippen LogP contribution in [0, 0.1) is 5.41 Å². The highest BCUT2D eigenvalue weighted by Crippen LogP contribution is 2.34. The van der Waals surface area contributed by atoms with E-state index in [9.17, 15) is 9.59 Å². The molecule has 0 spiro atoms. The van der Waals surface area contributed by atoms with Crippen LogP contribution in [0.3, 0.4) is 0 Å². The fourth-order valence-electron chi connectivity index (χ4n) is 4.95. The number of fused-ring (bicyclic) bond motifs is 1. The summed E-state index contributed by atoms with van der Waals surface area (Å²) in [6.45, 7) is 1.90. The van der Waals surface area contributed by atoms with E-state index in [0.29, 0.717) is 30.9 Å². The average Bonchev–Trinajstić information content (AvgIpc) is 3.70. The van der Waals surface area contributed by atoms with Gasteiger partial charge in [-0.2, -0.15) is 5.10 Å². The van der Waals surface area contributed by atoms with Gasteiger partial charge in [-0.05, 0) is 68.6 Å². The largest absolute Gasteiger partial charge is 0.343 e. The molecule has 2 amide bonds. The molecule has 4 aromatic rings. The lowest BCUT2D eigenvalue weighted by molar-refractivity contribution is -0.111. The molecule has 3 aromatic heterocycles. The van der Waals surface area contributed by atoms with Crippen molar-refractivity contribution in [2.24, 2.45) is 0 Å². The zero-order valence-corrected chi connectivity index (χ0v) is 22.5. The molecule has 1 aliphatic rings. The first-order chi connectivity index (χ1) is 19.4. The maximum absolute atomic E-state index is 13.4. The van der Waals surface area contributed by atoms with E-state index >= 15 is 0 Å². The Balaban J connectivity index is 1.29. The van der Waals surface area contributed by atoms with Gasteiger partial charge in [-0.3, -0.25) is 14.7 Å². The molecule has 1 aromatic carbocycles. The molecule has 40 heavy (non-hydrogen) atoms. The molecule has 5 rings (SSSR count). The van der Waals surface area contributed by atoms with Gasteiger partial charge >= 0.3 is 0 Å². The van der Waals surface area contributed by atoms with E-state index in [0.717, 1.165) is 40.0 Å². The van der Waals surface area contributed by atoms with Crippen molar-refractivity contribution < 1.29 is 9.59 Å². The topological polar surface area (TPSA) is 134 Å². The molecule has 4 heterocycles. The summed E-state index contributed by atoms with van der Waals surface area (Å²) in [6, 6.07) is 11.1. The molecule has 1 saturated heterocycles. The van der Waals surface area contributed by atoms with Crippen LogP contribution in [0.1, 0.15) is 34.1 Å². The number of carbonyl (C=O) groups is 2. The maximum atomic E-state index is 13.4. The lowest BCUT2D eigenvalue weighted by Gasteiger charge is -2.17. The van der Waals surface area contributed by atoms with Crippen LogP contribution < -0.4 is 5.32 Å². The lowest BCUT2D eigenvalue weighted by atomic mass is 10.0. The molecule has 0 radical (unpaired) electrons. The number of aromatic amines is 2. The summed E-state index contributed by atoms with van der Waals surface area (Å²) in [5, 5.41) is 18.3. The second-order valence-corrected chi connectivity index (χ2v) is 10.0. The summed E-state index contributed by atoms with van der Waals surface area (Å²) in [4.78, 5) is 37.4. The van der Waals surface area contributed by atoms with E-state index in [1.54, 1.807) is 48.8 Å². The number of nitrogens with one attached hydrogen (secondary N) is 4. The number of likely N-dealkylation sites (tertiary alicyclic amines) is 1. The van der Waals surface area contributed by atoms with Gasteiger partial charge < -0.3 is 25.5 Å². The Morgan fingerprint density at radius 2 is 2.10 bits per heavy atom. The summed E-state index contributed by atoms with van der Waals surface area (Å²) in [6.07, 6.45) is 12.4. The Labute approximate surface area is 232 Å². The fourth-order valence-corrected chi connectivity index (χ4v) is 4.95. The van der Waals surface area contributed by atoms with Gasteiger partial charge in [-0.15, -0.1) is 0 Å². The quantitative estimate of drug-likeness (QED) is 0.187. The highest BCUT2D eigenvalue weighted by Gasteiger charge is 2.29. The predicted octanol–water partition coefficient (Wildman–Crippen LogP) is 4.30. The smallest absolute Gasteiger partial charge is 0.253 e. The third kappa shape index (κ3) is 5.92. The average molecular weight is 537 g/mol. The Kier molecular flexibility index (Phi) is 7.97. The summed E-state index contributed by atoms with van der Waals surface area (Å²) < 4.78 is 0. The van der Waals surface area contributed by atoms with Crippen molar-refractivity contribution in [3.63, 3.8) is 0 Å². The van der Waals surface area contributed by atoms with Crippen molar-refractivity contribution >= 4 is 40.8 Å². The van der Waals surface area contributed by atoms with Gasteiger partial charge in [-0.1, -0.05) is 12.1 Å². The molecule has 0 saturated carbocycles. The van der Waals surface area contributed by atoms with Gasteiger partial charge in [0.15, 0.2) is 0 Å². The second kappa shape index (κ2) is 11.9. The number of allylic oxidation sites excluding steroid dienone is 1. The number of amides is 2. The maximum Gasteiger partial charge on any atom is 0.253 e. The van der Waals surface area contributed by atoms with Crippen molar-refractivity contribution in [1.82, 2.24) is 30.0 Å². The van der Waals surface area contributed by atoms with Crippen molar-refractivity contribution in [2.75, 3.05) is 39.0 Å². The standard InChI is InChI=1S/C30H32N8O2/c1-37(2)14-5-9-28(39)34-22-7-3-6-20(16-22)30(40)38-15-11-21(19-38)27-17-24-23(10-13-32-29(24)35-27)25-18-33-36-26(25)8-4-12-31/h3-10,12-13,16-18,21,31H,11,14-15,19H2,1-2H3,(H,32,35)(H,33,36)(H,34,39)/b8-4-,9-5+,31-12?.